The number of hydrogen-bond donors (Lipinski definition) is 1. The molecule has 2 aliphatic carbocycles. The molecule has 1 aromatic rings. The number of amides is 1. The van der Waals surface area contributed by atoms with Gasteiger partial charge in [-0.2, -0.15) is 0 Å². The smallest absolute Gasteiger partial charge is 0.231 e. The van der Waals surface area contributed by atoms with Crippen LogP contribution >= 0.6 is 0 Å². The molecule has 1 saturated carbocycles. The summed E-state index contributed by atoms with van der Waals surface area (Å²) in [6.45, 7) is 1.40. The number of pyridine rings is 1. The van der Waals surface area contributed by atoms with E-state index in [1.807, 2.05) is 11.0 Å². The van der Waals surface area contributed by atoms with E-state index in [0.717, 1.165) is 50.6 Å². The number of carbonyl (C=O) groups is 1. The van der Waals surface area contributed by atoms with Crippen LogP contribution in [0.2, 0.25) is 0 Å². The van der Waals surface area contributed by atoms with Crippen molar-refractivity contribution in [3.05, 3.63) is 29.6 Å². The number of nitrogens with zero attached hydrogens (tertiary/aromatic N) is 2. The lowest BCUT2D eigenvalue weighted by atomic mass is 9.68. The Labute approximate surface area is 137 Å². The molecule has 0 spiro atoms. The average Bonchev–Trinajstić information content (AvgIpc) is 2.52. The normalized spacial score (nSPS) is 27.2. The van der Waals surface area contributed by atoms with Crippen molar-refractivity contribution < 1.29 is 9.90 Å². The average molecular weight is 314 g/mol. The van der Waals surface area contributed by atoms with E-state index in [-0.39, 0.29) is 11.8 Å². The third-order valence-electron chi connectivity index (χ3n) is 6.30. The molecular formula is C19H26N2O2. The van der Waals surface area contributed by atoms with Crippen LogP contribution < -0.4 is 0 Å². The maximum atomic E-state index is 13.0. The molecule has 1 aromatic heterocycles. The summed E-state index contributed by atoms with van der Waals surface area (Å²) >= 11 is 0. The van der Waals surface area contributed by atoms with Crippen LogP contribution in [0.3, 0.4) is 0 Å². The Bertz CT molecular complexity index is 589. The second-order valence-corrected chi connectivity index (χ2v) is 7.55. The molecule has 3 aliphatic rings. The molecule has 23 heavy (non-hydrogen) atoms. The molecule has 1 atom stereocenters. The van der Waals surface area contributed by atoms with Crippen LogP contribution in [0.1, 0.15) is 62.1 Å². The van der Waals surface area contributed by atoms with Gasteiger partial charge in [0.15, 0.2) is 0 Å². The number of rotatable bonds is 2. The van der Waals surface area contributed by atoms with Crippen molar-refractivity contribution in [2.24, 2.45) is 5.92 Å². The van der Waals surface area contributed by atoms with Gasteiger partial charge in [-0.1, -0.05) is 12.5 Å². The van der Waals surface area contributed by atoms with Crippen molar-refractivity contribution in [1.82, 2.24) is 9.88 Å². The fraction of sp³-hybridized carbons (Fsp3) is 0.684. The fourth-order valence-electron chi connectivity index (χ4n) is 4.54. The molecule has 1 N–H and O–H groups in total. The zero-order valence-corrected chi connectivity index (χ0v) is 13.7. The molecule has 0 bridgehead atoms. The van der Waals surface area contributed by atoms with Gasteiger partial charge >= 0.3 is 0 Å². The minimum Gasteiger partial charge on any atom is -0.389 e. The van der Waals surface area contributed by atoms with E-state index in [2.05, 4.69) is 11.1 Å². The second kappa shape index (κ2) is 5.90. The molecule has 2 fully saturated rings. The van der Waals surface area contributed by atoms with E-state index in [4.69, 9.17) is 0 Å². The van der Waals surface area contributed by atoms with Crippen molar-refractivity contribution >= 4 is 5.91 Å². The summed E-state index contributed by atoms with van der Waals surface area (Å²) in [5.74, 6) is 0.618. The number of aromatic nitrogens is 1. The second-order valence-electron chi connectivity index (χ2n) is 7.55. The molecule has 1 saturated heterocycles. The quantitative estimate of drug-likeness (QED) is 0.913. The first kappa shape index (κ1) is 15.1. The van der Waals surface area contributed by atoms with Gasteiger partial charge < -0.3 is 10.0 Å². The third kappa shape index (κ3) is 2.67. The molecule has 4 nitrogen and oxygen atoms in total. The van der Waals surface area contributed by atoms with E-state index in [1.54, 1.807) is 6.20 Å². The highest BCUT2D eigenvalue weighted by atomic mass is 16.3. The third-order valence-corrected chi connectivity index (χ3v) is 6.30. The Morgan fingerprint density at radius 2 is 2.00 bits per heavy atom. The van der Waals surface area contributed by atoms with Crippen LogP contribution in [0, 0.1) is 5.92 Å². The van der Waals surface area contributed by atoms with Gasteiger partial charge in [0.25, 0.3) is 0 Å². The summed E-state index contributed by atoms with van der Waals surface area (Å²) in [4.78, 5) is 19.5. The molecular weight excluding hydrogens is 288 g/mol. The number of aliphatic hydroxyl groups is 1. The topological polar surface area (TPSA) is 53.4 Å². The van der Waals surface area contributed by atoms with Crippen molar-refractivity contribution in [1.29, 1.82) is 0 Å². The Kier molecular flexibility index (Phi) is 3.88. The Morgan fingerprint density at radius 1 is 1.22 bits per heavy atom. The standard InChI is InChI=1S/C19H26N2O2/c22-18(16-8-1-4-14-5-3-11-20-17(14)16)21-12-9-19(23,10-13-21)15-6-2-7-15/h3,5,11,15-16,23H,1-2,4,6-10,12-13H2. The lowest BCUT2D eigenvalue weighted by Gasteiger charge is -2.47. The monoisotopic (exact) mass is 314 g/mol. The van der Waals surface area contributed by atoms with Crippen LogP contribution in [0.5, 0.6) is 0 Å². The summed E-state index contributed by atoms with van der Waals surface area (Å²) < 4.78 is 0. The molecule has 4 rings (SSSR count). The van der Waals surface area contributed by atoms with Gasteiger partial charge in [-0.05, 0) is 62.5 Å². The van der Waals surface area contributed by atoms with E-state index in [1.165, 1.54) is 12.0 Å². The van der Waals surface area contributed by atoms with Crippen molar-refractivity contribution in [2.45, 2.75) is 62.9 Å². The van der Waals surface area contributed by atoms with E-state index >= 15 is 0 Å². The first-order valence-electron chi connectivity index (χ1n) is 9.12. The lowest BCUT2D eigenvalue weighted by Crippen LogP contribution is -2.52. The highest BCUT2D eigenvalue weighted by Gasteiger charge is 2.44. The van der Waals surface area contributed by atoms with Gasteiger partial charge in [0.2, 0.25) is 5.91 Å². The van der Waals surface area contributed by atoms with Crippen molar-refractivity contribution in [3.63, 3.8) is 0 Å². The van der Waals surface area contributed by atoms with Gasteiger partial charge in [0.05, 0.1) is 17.2 Å². The minimum absolute atomic E-state index is 0.0742. The molecule has 0 aromatic carbocycles. The zero-order valence-electron chi connectivity index (χ0n) is 13.7. The minimum atomic E-state index is -0.516. The number of aryl methyl sites for hydroxylation is 1. The van der Waals surface area contributed by atoms with E-state index in [0.29, 0.717) is 19.0 Å². The van der Waals surface area contributed by atoms with Gasteiger partial charge in [-0.3, -0.25) is 9.78 Å². The number of hydrogen-bond acceptors (Lipinski definition) is 3. The van der Waals surface area contributed by atoms with Crippen LogP contribution in [0.25, 0.3) is 0 Å². The maximum Gasteiger partial charge on any atom is 0.231 e. The molecule has 1 aliphatic heterocycles. The van der Waals surface area contributed by atoms with Gasteiger partial charge in [0.1, 0.15) is 0 Å². The summed E-state index contributed by atoms with van der Waals surface area (Å²) in [6, 6.07) is 4.07. The summed E-state index contributed by atoms with van der Waals surface area (Å²) in [5.41, 5.74) is 1.71. The fourth-order valence-corrected chi connectivity index (χ4v) is 4.54. The molecule has 0 radical (unpaired) electrons. The number of fused-ring (bicyclic) bond motifs is 1. The van der Waals surface area contributed by atoms with Crippen molar-refractivity contribution in [2.75, 3.05) is 13.1 Å². The van der Waals surface area contributed by atoms with Crippen LogP contribution in [-0.2, 0) is 11.2 Å². The number of piperidine rings is 1. The highest BCUT2D eigenvalue weighted by molar-refractivity contribution is 5.84. The van der Waals surface area contributed by atoms with Gasteiger partial charge in [0, 0.05) is 19.3 Å². The Hall–Kier alpha value is -1.42. The largest absolute Gasteiger partial charge is 0.389 e. The Balaban J connectivity index is 1.45. The van der Waals surface area contributed by atoms with Crippen LogP contribution in [0.15, 0.2) is 18.3 Å². The number of carbonyl (C=O) groups excluding carboxylic acids is 1. The Morgan fingerprint density at radius 3 is 2.70 bits per heavy atom. The lowest BCUT2D eigenvalue weighted by molar-refractivity contribution is -0.141. The van der Waals surface area contributed by atoms with Gasteiger partial charge in [-0.25, -0.2) is 0 Å². The SMILES string of the molecule is O=C(C1CCCc2cccnc21)N1CCC(O)(C2CCC2)CC1. The van der Waals surface area contributed by atoms with E-state index < -0.39 is 5.60 Å². The predicted molar refractivity (Wildman–Crippen MR) is 88.0 cm³/mol. The molecule has 1 unspecified atom stereocenters. The van der Waals surface area contributed by atoms with Crippen LogP contribution in [-0.4, -0.2) is 39.6 Å². The number of likely N-dealkylation sites (tertiary alicyclic amines) is 1. The summed E-state index contributed by atoms with van der Waals surface area (Å²) in [7, 11) is 0. The summed E-state index contributed by atoms with van der Waals surface area (Å²) in [5, 5.41) is 10.8. The highest BCUT2D eigenvalue weighted by Crippen LogP contribution is 2.42. The van der Waals surface area contributed by atoms with Crippen LogP contribution in [0.4, 0.5) is 0 Å². The van der Waals surface area contributed by atoms with Crippen molar-refractivity contribution in [3.8, 4) is 0 Å². The molecule has 124 valence electrons. The van der Waals surface area contributed by atoms with E-state index in [9.17, 15) is 9.90 Å². The first-order chi connectivity index (χ1) is 11.2. The maximum absolute atomic E-state index is 13.0. The molecule has 4 heteroatoms. The predicted octanol–water partition coefficient (Wildman–Crippen LogP) is 2.66. The molecule has 1 amide bonds. The first-order valence-corrected chi connectivity index (χ1v) is 9.12. The molecule has 2 heterocycles. The van der Waals surface area contributed by atoms with Gasteiger partial charge in [-0.15, -0.1) is 0 Å². The zero-order chi connectivity index (χ0) is 15.9. The summed E-state index contributed by atoms with van der Waals surface area (Å²) in [6.07, 6.45) is 9.86.